The van der Waals surface area contributed by atoms with Gasteiger partial charge >= 0.3 is 0 Å². The van der Waals surface area contributed by atoms with Crippen LogP contribution in [0.3, 0.4) is 0 Å². The maximum atomic E-state index is 13.7. The van der Waals surface area contributed by atoms with Crippen molar-refractivity contribution in [2.24, 2.45) is 0 Å². The predicted molar refractivity (Wildman–Crippen MR) is 159 cm³/mol. The summed E-state index contributed by atoms with van der Waals surface area (Å²) in [4.78, 5) is 28.7. The molecule has 0 saturated heterocycles. The van der Waals surface area contributed by atoms with Crippen molar-refractivity contribution in [3.63, 3.8) is 0 Å². The van der Waals surface area contributed by atoms with Gasteiger partial charge in [0.25, 0.3) is 0 Å². The molecule has 0 radical (unpaired) electrons. The van der Waals surface area contributed by atoms with Crippen LogP contribution in [0.2, 0.25) is 10.0 Å². The number of halogens is 2. The van der Waals surface area contributed by atoms with Crippen LogP contribution in [-0.4, -0.2) is 50.0 Å². The van der Waals surface area contributed by atoms with E-state index < -0.39 is 16.1 Å². The Morgan fingerprint density at radius 2 is 1.77 bits per heavy atom. The van der Waals surface area contributed by atoms with E-state index in [-0.39, 0.29) is 48.0 Å². The van der Waals surface area contributed by atoms with E-state index in [1.54, 1.807) is 17.0 Å². The molecule has 214 valence electrons. The van der Waals surface area contributed by atoms with Crippen LogP contribution >= 0.6 is 23.2 Å². The van der Waals surface area contributed by atoms with E-state index >= 15 is 0 Å². The van der Waals surface area contributed by atoms with Gasteiger partial charge in [0.1, 0.15) is 6.04 Å². The number of sulfonamides is 1. The second kappa shape index (κ2) is 14.4. The molecule has 1 fully saturated rings. The lowest BCUT2D eigenvalue weighted by atomic mass is 9.95. The minimum Gasteiger partial charge on any atom is -0.352 e. The number of amides is 2. The lowest BCUT2D eigenvalue weighted by Gasteiger charge is -2.33. The van der Waals surface area contributed by atoms with Crippen LogP contribution in [0.5, 0.6) is 0 Å². The molecule has 1 saturated carbocycles. The number of carbonyl (C=O) groups excluding carboxylic acids is 2. The topological polar surface area (TPSA) is 86.8 Å². The van der Waals surface area contributed by atoms with Gasteiger partial charge in [0.05, 0.1) is 17.0 Å². The highest BCUT2D eigenvalue weighted by molar-refractivity contribution is 7.92. The average molecular weight is 597 g/mol. The van der Waals surface area contributed by atoms with E-state index in [9.17, 15) is 18.0 Å². The summed E-state index contributed by atoms with van der Waals surface area (Å²) in [5.41, 5.74) is 2.28. The molecule has 1 unspecified atom stereocenters. The number of nitrogens with one attached hydrogen (secondary N) is 1. The summed E-state index contributed by atoms with van der Waals surface area (Å²) in [5, 5.41) is 3.80. The molecule has 0 spiro atoms. The summed E-state index contributed by atoms with van der Waals surface area (Å²) >= 11 is 12.4. The molecule has 1 N–H and O–H groups in total. The van der Waals surface area contributed by atoms with E-state index in [4.69, 9.17) is 23.2 Å². The maximum absolute atomic E-state index is 13.7. The Morgan fingerprint density at radius 3 is 2.41 bits per heavy atom. The van der Waals surface area contributed by atoms with Gasteiger partial charge in [-0.05, 0) is 61.9 Å². The summed E-state index contributed by atoms with van der Waals surface area (Å²) in [6.07, 6.45) is 7.20. The number of hydrogen-bond donors (Lipinski definition) is 1. The molecule has 3 rings (SSSR count). The van der Waals surface area contributed by atoms with Crippen molar-refractivity contribution in [3.05, 3.63) is 63.6 Å². The highest BCUT2D eigenvalue weighted by Gasteiger charge is 2.31. The number of benzene rings is 2. The fraction of sp³-hybridized carbons (Fsp3) is 0.517. The predicted octanol–water partition coefficient (Wildman–Crippen LogP) is 6.10. The summed E-state index contributed by atoms with van der Waals surface area (Å²) < 4.78 is 26.4. The van der Waals surface area contributed by atoms with Gasteiger partial charge in [-0.2, -0.15) is 0 Å². The number of rotatable bonds is 12. The Morgan fingerprint density at radius 1 is 1.08 bits per heavy atom. The second-order valence-electron chi connectivity index (χ2n) is 10.3. The van der Waals surface area contributed by atoms with E-state index in [1.807, 2.05) is 38.1 Å². The zero-order valence-corrected chi connectivity index (χ0v) is 25.3. The zero-order chi connectivity index (χ0) is 28.6. The Hall–Kier alpha value is -2.29. The Balaban J connectivity index is 1.79. The first kappa shape index (κ1) is 31.2. The smallest absolute Gasteiger partial charge is 0.243 e. The maximum Gasteiger partial charge on any atom is 0.243 e. The summed E-state index contributed by atoms with van der Waals surface area (Å²) in [5.74, 6) is -0.329. The normalized spacial score (nSPS) is 15.0. The first-order valence-corrected chi connectivity index (χ1v) is 16.2. The van der Waals surface area contributed by atoms with Crippen LogP contribution in [0.1, 0.15) is 69.4 Å². The third-order valence-electron chi connectivity index (χ3n) is 7.27. The zero-order valence-electron chi connectivity index (χ0n) is 23.0. The van der Waals surface area contributed by atoms with E-state index in [0.29, 0.717) is 18.0 Å². The van der Waals surface area contributed by atoms with Gasteiger partial charge in [-0.3, -0.25) is 13.9 Å². The van der Waals surface area contributed by atoms with Crippen LogP contribution in [0, 0.1) is 6.92 Å². The third kappa shape index (κ3) is 8.85. The summed E-state index contributed by atoms with van der Waals surface area (Å²) in [6, 6.07) is 12.0. The van der Waals surface area contributed by atoms with Crippen LogP contribution in [0.15, 0.2) is 42.5 Å². The molecular weight excluding hydrogens is 557 g/mol. The second-order valence-corrected chi connectivity index (χ2v) is 13.0. The molecule has 0 aliphatic heterocycles. The molecule has 1 aliphatic rings. The number of hydrogen-bond acceptors (Lipinski definition) is 4. The van der Waals surface area contributed by atoms with Gasteiger partial charge < -0.3 is 10.2 Å². The lowest BCUT2D eigenvalue weighted by molar-refractivity contribution is -0.141. The molecule has 2 aromatic carbocycles. The Labute approximate surface area is 242 Å². The quantitative estimate of drug-likeness (QED) is 0.321. The summed E-state index contributed by atoms with van der Waals surface area (Å²) in [7, 11) is -3.68. The van der Waals surface area contributed by atoms with Crippen molar-refractivity contribution in [2.45, 2.75) is 83.8 Å². The van der Waals surface area contributed by atoms with E-state index in [0.717, 1.165) is 43.1 Å². The van der Waals surface area contributed by atoms with Crippen molar-refractivity contribution >= 4 is 50.7 Å². The number of aryl methyl sites for hydroxylation is 1. The largest absolute Gasteiger partial charge is 0.352 e. The Bertz CT molecular complexity index is 1250. The SMILES string of the molecule is CCC(C(=O)NC1CCCCC1)N(Cc1ccccc1C)C(=O)CCCN(c1cc(Cl)ccc1Cl)S(C)(=O)=O. The standard InChI is InChI=1S/C29H39Cl2N3O4S/c1-4-26(29(36)32-24-13-6-5-7-14-24)33(20-22-12-9-8-11-21(22)2)28(35)15-10-18-34(39(3,37)38)27-19-23(30)16-17-25(27)31/h8-9,11-12,16-17,19,24,26H,4-7,10,13-15,18,20H2,1-3H3,(H,32,36). The molecule has 1 aliphatic carbocycles. The molecule has 2 amide bonds. The molecular formula is C29H39Cl2N3O4S. The first-order valence-electron chi connectivity index (χ1n) is 13.6. The molecule has 10 heteroatoms. The third-order valence-corrected chi connectivity index (χ3v) is 9.00. The van der Waals surface area contributed by atoms with Crippen LogP contribution in [0.4, 0.5) is 5.69 Å². The molecule has 1 atom stereocenters. The first-order chi connectivity index (χ1) is 18.5. The van der Waals surface area contributed by atoms with Gasteiger partial charge in [-0.1, -0.05) is 73.7 Å². The Kier molecular flexibility index (Phi) is 11.5. The molecule has 0 aromatic heterocycles. The van der Waals surface area contributed by atoms with Crippen molar-refractivity contribution in [2.75, 3.05) is 17.1 Å². The highest BCUT2D eigenvalue weighted by atomic mass is 35.5. The molecule has 7 nitrogen and oxygen atoms in total. The average Bonchev–Trinajstić information content (AvgIpc) is 2.89. The van der Waals surface area contributed by atoms with Crippen molar-refractivity contribution in [1.29, 1.82) is 0 Å². The monoisotopic (exact) mass is 595 g/mol. The van der Waals surface area contributed by atoms with Crippen LogP contribution in [0.25, 0.3) is 0 Å². The number of carbonyl (C=O) groups is 2. The molecule has 2 aromatic rings. The van der Waals surface area contributed by atoms with Crippen molar-refractivity contribution in [1.82, 2.24) is 10.2 Å². The fourth-order valence-electron chi connectivity index (χ4n) is 5.09. The van der Waals surface area contributed by atoms with E-state index in [2.05, 4.69) is 5.32 Å². The minimum atomic E-state index is -3.68. The van der Waals surface area contributed by atoms with Gasteiger partial charge in [0, 0.05) is 30.6 Å². The van der Waals surface area contributed by atoms with Crippen molar-refractivity contribution in [3.8, 4) is 0 Å². The fourth-order valence-corrected chi connectivity index (χ4v) is 6.50. The summed E-state index contributed by atoms with van der Waals surface area (Å²) in [6.45, 7) is 4.25. The van der Waals surface area contributed by atoms with Gasteiger partial charge in [-0.15, -0.1) is 0 Å². The minimum absolute atomic E-state index is 0.0495. The molecule has 39 heavy (non-hydrogen) atoms. The van der Waals surface area contributed by atoms with Crippen molar-refractivity contribution < 1.29 is 18.0 Å². The molecule has 0 bridgehead atoms. The van der Waals surface area contributed by atoms with E-state index in [1.165, 1.54) is 16.8 Å². The van der Waals surface area contributed by atoms with Gasteiger partial charge in [-0.25, -0.2) is 8.42 Å². The van der Waals surface area contributed by atoms with Gasteiger partial charge in [0.2, 0.25) is 21.8 Å². The van der Waals surface area contributed by atoms with Gasteiger partial charge in [0.15, 0.2) is 0 Å². The number of anilines is 1. The molecule has 0 heterocycles. The number of nitrogens with zero attached hydrogens (tertiary/aromatic N) is 2. The van der Waals surface area contributed by atoms with Crippen LogP contribution < -0.4 is 9.62 Å². The van der Waals surface area contributed by atoms with Crippen LogP contribution in [-0.2, 0) is 26.2 Å². The highest BCUT2D eigenvalue weighted by Crippen LogP contribution is 2.31. The lowest BCUT2D eigenvalue weighted by Crippen LogP contribution is -2.51.